The van der Waals surface area contributed by atoms with Crippen molar-refractivity contribution in [3.63, 3.8) is 0 Å². The molecule has 1 aliphatic carbocycles. The zero-order valence-corrected chi connectivity index (χ0v) is 23.2. The predicted molar refractivity (Wildman–Crippen MR) is 141 cm³/mol. The number of hydrogen-bond acceptors (Lipinski definition) is 7. The number of likely N-dealkylation sites (tertiary alicyclic amines) is 1. The van der Waals surface area contributed by atoms with E-state index >= 15 is 0 Å². The second-order valence-corrected chi connectivity index (χ2v) is 12.7. The molecule has 37 heavy (non-hydrogen) atoms. The second kappa shape index (κ2) is 9.49. The molecule has 1 aromatic carbocycles. The Kier molecular flexibility index (Phi) is 6.63. The van der Waals surface area contributed by atoms with E-state index in [1.165, 1.54) is 21.3 Å². The second-order valence-electron chi connectivity index (χ2n) is 11.6. The minimum absolute atomic E-state index is 0.0331. The Morgan fingerprint density at radius 3 is 2.35 bits per heavy atom. The molecule has 4 unspecified atom stereocenters. The average molecular weight is 529 g/mol. The topological polar surface area (TPSA) is 81.5 Å². The summed E-state index contributed by atoms with van der Waals surface area (Å²) >= 11 is 1.59. The van der Waals surface area contributed by atoms with Gasteiger partial charge in [-0.1, -0.05) is 20.8 Å². The summed E-state index contributed by atoms with van der Waals surface area (Å²) < 4.78 is 21.8. The van der Waals surface area contributed by atoms with E-state index in [0.29, 0.717) is 28.6 Å². The number of methoxy groups -OCH3 is 3. The zero-order valence-electron chi connectivity index (χ0n) is 22.4. The number of carbonyl (C=O) groups is 2. The highest BCUT2D eigenvalue weighted by Gasteiger charge is 2.54. The lowest BCUT2D eigenvalue weighted by molar-refractivity contribution is -0.136. The Morgan fingerprint density at radius 1 is 1.05 bits per heavy atom. The van der Waals surface area contributed by atoms with Crippen molar-refractivity contribution in [1.29, 1.82) is 0 Å². The van der Waals surface area contributed by atoms with Crippen LogP contribution in [0.5, 0.6) is 17.2 Å². The number of nitrogens with zero attached hydrogens (tertiary/aromatic N) is 2. The van der Waals surface area contributed by atoms with Crippen molar-refractivity contribution in [3.8, 4) is 17.2 Å². The third kappa shape index (κ3) is 4.56. The molecule has 3 aliphatic rings. The van der Waals surface area contributed by atoms with Crippen molar-refractivity contribution in [2.75, 3.05) is 33.6 Å². The van der Waals surface area contributed by atoms with E-state index in [2.05, 4.69) is 25.7 Å². The number of rotatable bonds is 6. The first-order chi connectivity index (χ1) is 17.6. The molecule has 2 amide bonds. The van der Waals surface area contributed by atoms with Crippen LogP contribution in [0, 0.1) is 10.8 Å². The smallest absolute Gasteiger partial charge is 0.256 e. The van der Waals surface area contributed by atoms with Crippen molar-refractivity contribution < 1.29 is 28.2 Å². The molecule has 3 fully saturated rings. The first kappa shape index (κ1) is 25.8. The number of furan rings is 1. The van der Waals surface area contributed by atoms with Crippen LogP contribution in [0.1, 0.15) is 61.3 Å². The fourth-order valence-electron chi connectivity index (χ4n) is 6.88. The fraction of sp³-hybridized carbons (Fsp3) is 0.571. The summed E-state index contributed by atoms with van der Waals surface area (Å²) in [4.78, 5) is 32.1. The molecular formula is C28H36N2O6S. The van der Waals surface area contributed by atoms with Crippen molar-refractivity contribution >= 4 is 23.6 Å². The van der Waals surface area contributed by atoms with E-state index < -0.39 is 6.04 Å². The molecule has 4 atom stereocenters. The Hall–Kier alpha value is -2.81. The largest absolute Gasteiger partial charge is 0.493 e. The lowest BCUT2D eigenvalue weighted by atomic mass is 9.65. The summed E-state index contributed by atoms with van der Waals surface area (Å²) in [6.07, 6.45) is 6.35. The van der Waals surface area contributed by atoms with Crippen molar-refractivity contribution in [2.45, 2.75) is 57.5 Å². The van der Waals surface area contributed by atoms with Gasteiger partial charge in [0.05, 0.1) is 33.9 Å². The number of amides is 2. The van der Waals surface area contributed by atoms with Crippen LogP contribution >= 0.6 is 11.8 Å². The van der Waals surface area contributed by atoms with Gasteiger partial charge >= 0.3 is 0 Å². The number of hydrogen-bond donors (Lipinski definition) is 0. The van der Waals surface area contributed by atoms with Crippen LogP contribution in [0.25, 0.3) is 0 Å². The van der Waals surface area contributed by atoms with Gasteiger partial charge in [0.1, 0.15) is 11.4 Å². The van der Waals surface area contributed by atoms with Crippen LogP contribution in [0.2, 0.25) is 0 Å². The zero-order chi connectivity index (χ0) is 26.5. The number of benzene rings is 1. The Balaban J connectivity index is 1.51. The summed E-state index contributed by atoms with van der Waals surface area (Å²) in [6, 6.07) is 4.77. The van der Waals surface area contributed by atoms with E-state index in [-0.39, 0.29) is 34.1 Å². The molecule has 1 saturated carbocycles. The average Bonchev–Trinajstić information content (AvgIpc) is 3.58. The van der Waals surface area contributed by atoms with E-state index in [1.54, 1.807) is 41.3 Å². The molecule has 2 bridgehead atoms. The first-order valence-corrected chi connectivity index (χ1v) is 13.7. The molecule has 3 heterocycles. The molecule has 8 nitrogen and oxygen atoms in total. The van der Waals surface area contributed by atoms with Crippen LogP contribution < -0.4 is 14.2 Å². The maximum atomic E-state index is 14.2. The molecule has 2 saturated heterocycles. The molecule has 0 N–H and O–H groups in total. The van der Waals surface area contributed by atoms with E-state index in [1.807, 2.05) is 6.07 Å². The third-order valence-electron chi connectivity index (χ3n) is 7.96. The summed E-state index contributed by atoms with van der Waals surface area (Å²) in [5, 5.41) is -0.340. The van der Waals surface area contributed by atoms with E-state index in [9.17, 15) is 9.59 Å². The lowest BCUT2D eigenvalue weighted by Crippen LogP contribution is -2.51. The summed E-state index contributed by atoms with van der Waals surface area (Å²) in [7, 11) is 4.56. The molecule has 0 radical (unpaired) electrons. The van der Waals surface area contributed by atoms with Crippen LogP contribution in [0.3, 0.4) is 0 Å². The van der Waals surface area contributed by atoms with Gasteiger partial charge in [0, 0.05) is 29.5 Å². The quantitative estimate of drug-likeness (QED) is 0.523. The van der Waals surface area contributed by atoms with Crippen molar-refractivity contribution in [1.82, 2.24) is 9.80 Å². The normalized spacial score (nSPS) is 28.3. The number of ether oxygens (including phenoxy) is 3. The Labute approximate surface area is 222 Å². The molecular weight excluding hydrogens is 492 g/mol. The standard InChI is InChI=1S/C28H36N2O6S/c1-27(2)11-19-12-28(3,15-27)16-29(19)25(32)20-14-37-26(17-7-8-36-13-17)30(20)24(31)18-9-21(33-4)23(35-6)22(10-18)34-5/h7-10,13,19-20,26H,11-12,14-16H2,1-6H3. The van der Waals surface area contributed by atoms with Gasteiger partial charge in [0.2, 0.25) is 11.7 Å². The third-order valence-corrected chi connectivity index (χ3v) is 9.28. The minimum atomic E-state index is -0.581. The summed E-state index contributed by atoms with van der Waals surface area (Å²) in [5.41, 5.74) is 1.54. The van der Waals surface area contributed by atoms with Crippen molar-refractivity contribution in [3.05, 3.63) is 41.9 Å². The van der Waals surface area contributed by atoms with Gasteiger partial charge < -0.3 is 28.4 Å². The highest BCUT2D eigenvalue weighted by molar-refractivity contribution is 7.99. The predicted octanol–water partition coefficient (Wildman–Crippen LogP) is 4.99. The van der Waals surface area contributed by atoms with E-state index in [0.717, 1.165) is 31.4 Å². The number of fused-ring (bicyclic) bond motifs is 2. The Bertz CT molecular complexity index is 1160. The minimum Gasteiger partial charge on any atom is -0.493 e. The summed E-state index contributed by atoms with van der Waals surface area (Å²) in [5.74, 6) is 1.49. The Morgan fingerprint density at radius 2 is 1.76 bits per heavy atom. The SMILES string of the molecule is COc1cc(C(=O)N2C(C(=O)N3CC4(C)CC3CC(C)(C)C4)CSC2c2ccoc2)cc(OC)c1OC. The maximum Gasteiger partial charge on any atom is 0.256 e. The lowest BCUT2D eigenvalue weighted by Gasteiger charge is -2.39. The van der Waals surface area contributed by atoms with Gasteiger partial charge in [-0.3, -0.25) is 9.59 Å². The van der Waals surface area contributed by atoms with Crippen LogP contribution in [-0.4, -0.2) is 67.3 Å². The molecule has 2 aliphatic heterocycles. The van der Waals surface area contributed by atoms with Gasteiger partial charge in [0.15, 0.2) is 11.5 Å². The summed E-state index contributed by atoms with van der Waals surface area (Å²) in [6.45, 7) is 7.63. The first-order valence-electron chi connectivity index (χ1n) is 12.7. The van der Waals surface area contributed by atoms with Crippen LogP contribution in [-0.2, 0) is 4.79 Å². The van der Waals surface area contributed by atoms with Gasteiger partial charge in [-0.05, 0) is 48.3 Å². The molecule has 200 valence electrons. The van der Waals surface area contributed by atoms with Crippen LogP contribution in [0.15, 0.2) is 35.1 Å². The highest BCUT2D eigenvalue weighted by Crippen LogP contribution is 2.53. The van der Waals surface area contributed by atoms with Crippen LogP contribution in [0.4, 0.5) is 0 Å². The number of carbonyl (C=O) groups excluding carboxylic acids is 2. The van der Waals surface area contributed by atoms with Crippen molar-refractivity contribution in [2.24, 2.45) is 10.8 Å². The maximum absolute atomic E-state index is 14.2. The molecule has 5 rings (SSSR count). The van der Waals surface area contributed by atoms with Gasteiger partial charge in [0.25, 0.3) is 5.91 Å². The molecule has 1 aromatic heterocycles. The number of thioether (sulfide) groups is 1. The van der Waals surface area contributed by atoms with Gasteiger partial charge in [-0.25, -0.2) is 0 Å². The molecule has 9 heteroatoms. The molecule has 0 spiro atoms. The monoisotopic (exact) mass is 528 g/mol. The van der Waals surface area contributed by atoms with E-state index in [4.69, 9.17) is 18.6 Å². The van der Waals surface area contributed by atoms with Gasteiger partial charge in [-0.2, -0.15) is 0 Å². The van der Waals surface area contributed by atoms with Gasteiger partial charge in [-0.15, -0.1) is 11.8 Å². The molecule has 2 aromatic rings. The highest BCUT2D eigenvalue weighted by atomic mass is 32.2. The fourth-order valence-corrected chi connectivity index (χ4v) is 8.28.